The predicted octanol–water partition coefficient (Wildman–Crippen LogP) is 11.5. The van der Waals surface area contributed by atoms with Crippen LogP contribution in [-0.4, -0.2) is 8.07 Å². The minimum absolute atomic E-state index is 1.22. The first-order chi connectivity index (χ1) is 27.3. The van der Waals surface area contributed by atoms with Crippen LogP contribution in [-0.2, 0) is 0 Å². The maximum atomic E-state index is 2.57. The molecule has 0 fully saturated rings. The van der Waals surface area contributed by atoms with Gasteiger partial charge in [0.25, 0.3) is 0 Å². The van der Waals surface area contributed by atoms with Gasteiger partial charge in [0.2, 0.25) is 0 Å². The van der Waals surface area contributed by atoms with Crippen molar-refractivity contribution in [2.75, 3.05) is 0 Å². The van der Waals surface area contributed by atoms with Gasteiger partial charge in [-0.05, 0) is 86.4 Å². The Bertz CT molecular complexity index is 2830. The maximum absolute atomic E-state index is 2.80. The van der Waals surface area contributed by atoms with E-state index in [1.165, 1.54) is 86.4 Å². The Morgan fingerprint density at radius 1 is 0.236 bits per heavy atom. The van der Waals surface area contributed by atoms with Gasteiger partial charge in [-0.3, -0.25) is 0 Å². The quantitative estimate of drug-likeness (QED) is 0.0876. The minimum atomic E-state index is -2.80. The fourth-order valence-electron chi connectivity index (χ4n) is 8.98. The summed E-state index contributed by atoms with van der Waals surface area (Å²) in [6.45, 7) is 0. The van der Waals surface area contributed by atoms with E-state index in [1.54, 1.807) is 0 Å². The third kappa shape index (κ3) is 5.52. The third-order valence-electron chi connectivity index (χ3n) is 11.4. The molecular weight excluding hydrogens is 677 g/mol. The first-order valence-electron chi connectivity index (χ1n) is 19.1. The van der Waals surface area contributed by atoms with Crippen LogP contribution < -0.4 is 20.7 Å². The van der Waals surface area contributed by atoms with Gasteiger partial charge in [0.1, 0.15) is 0 Å². The van der Waals surface area contributed by atoms with Crippen molar-refractivity contribution in [1.82, 2.24) is 0 Å². The topological polar surface area (TPSA) is 0 Å². The zero-order chi connectivity index (χ0) is 36.6. The monoisotopic (exact) mass is 714 g/mol. The number of rotatable bonds is 7. The molecule has 0 aliphatic rings. The molecule has 0 amide bonds. The van der Waals surface area contributed by atoms with Crippen molar-refractivity contribution in [3.63, 3.8) is 0 Å². The van der Waals surface area contributed by atoms with Crippen molar-refractivity contribution in [3.05, 3.63) is 231 Å². The zero-order valence-electron chi connectivity index (χ0n) is 30.4. The van der Waals surface area contributed by atoms with E-state index in [4.69, 9.17) is 0 Å². The van der Waals surface area contributed by atoms with Crippen LogP contribution >= 0.6 is 0 Å². The molecule has 0 saturated carbocycles. The van der Waals surface area contributed by atoms with E-state index in [9.17, 15) is 0 Å². The Morgan fingerprint density at radius 3 is 1.27 bits per heavy atom. The Labute approximate surface area is 323 Å². The van der Waals surface area contributed by atoms with E-state index < -0.39 is 8.07 Å². The Balaban J connectivity index is 1.35. The summed E-state index contributed by atoms with van der Waals surface area (Å²) in [5.41, 5.74) is 7.48. The van der Waals surface area contributed by atoms with Gasteiger partial charge in [0, 0.05) is 0 Å². The average molecular weight is 715 g/mol. The fraction of sp³-hybridized carbons (Fsp3) is 0. The van der Waals surface area contributed by atoms with Crippen LogP contribution in [0, 0.1) is 0 Å². The summed E-state index contributed by atoms with van der Waals surface area (Å²) >= 11 is 0. The van der Waals surface area contributed by atoms with Crippen LogP contribution in [0.25, 0.3) is 65.7 Å². The molecule has 0 aliphatic carbocycles. The predicted molar refractivity (Wildman–Crippen MR) is 239 cm³/mol. The summed E-state index contributed by atoms with van der Waals surface area (Å²) < 4.78 is 0. The molecule has 0 unspecified atom stereocenters. The highest BCUT2D eigenvalue weighted by molar-refractivity contribution is 7.20. The Hall–Kier alpha value is -6.80. The summed E-state index contributed by atoms with van der Waals surface area (Å²) in [5, 5.41) is 13.0. The van der Waals surface area contributed by atoms with Crippen LogP contribution in [0.1, 0.15) is 0 Å². The number of hydrogen-bond acceptors (Lipinski definition) is 0. The van der Waals surface area contributed by atoms with Crippen LogP contribution in [0.3, 0.4) is 0 Å². The molecular formula is C54H38Si. The van der Waals surface area contributed by atoms with Crippen LogP contribution in [0.5, 0.6) is 0 Å². The lowest BCUT2D eigenvalue weighted by Crippen LogP contribution is -2.74. The summed E-state index contributed by atoms with van der Waals surface area (Å²) in [6, 6.07) is 85.6. The van der Waals surface area contributed by atoms with Crippen LogP contribution in [0.15, 0.2) is 231 Å². The van der Waals surface area contributed by atoms with Crippen molar-refractivity contribution in [3.8, 4) is 33.4 Å². The summed E-state index contributed by atoms with van der Waals surface area (Å²) in [6.07, 6.45) is 0. The lowest BCUT2D eigenvalue weighted by atomic mass is 9.84. The number of benzene rings is 10. The van der Waals surface area contributed by atoms with Crippen LogP contribution in [0.2, 0.25) is 0 Å². The molecule has 0 aliphatic heterocycles. The molecule has 258 valence electrons. The van der Waals surface area contributed by atoms with E-state index >= 15 is 0 Å². The molecule has 10 rings (SSSR count). The van der Waals surface area contributed by atoms with Crippen molar-refractivity contribution in [1.29, 1.82) is 0 Å². The second-order valence-corrected chi connectivity index (χ2v) is 18.2. The molecule has 0 aromatic heterocycles. The van der Waals surface area contributed by atoms with Gasteiger partial charge < -0.3 is 0 Å². The van der Waals surface area contributed by atoms with Crippen molar-refractivity contribution < 1.29 is 0 Å². The second-order valence-electron chi connectivity index (χ2n) is 14.4. The molecule has 0 saturated heterocycles. The molecule has 10 aromatic rings. The van der Waals surface area contributed by atoms with Gasteiger partial charge in [0.15, 0.2) is 8.07 Å². The van der Waals surface area contributed by atoms with E-state index in [-0.39, 0.29) is 0 Å². The fourth-order valence-corrected chi connectivity index (χ4v) is 13.8. The standard InChI is InChI=1S/C54H38Si/c1-5-18-39(19-6-1)40-32-34-42(35-33-40)53-49-29-15-16-30-50(49)54(48-31-17-21-41-20-13-14-28-47(41)48)52-38-46(36-37-51(52)53)55(43-22-7-2-8-23-43,44-24-9-3-10-25-44)45-26-11-4-12-27-45/h1-38H. The normalized spacial score (nSPS) is 11.6. The highest BCUT2D eigenvalue weighted by atomic mass is 28.3. The van der Waals surface area contributed by atoms with Gasteiger partial charge in [-0.15, -0.1) is 0 Å². The minimum Gasteiger partial charge on any atom is -0.0623 e. The van der Waals surface area contributed by atoms with E-state index in [0.29, 0.717) is 0 Å². The van der Waals surface area contributed by atoms with Crippen molar-refractivity contribution >= 4 is 61.1 Å². The molecule has 10 aromatic carbocycles. The largest absolute Gasteiger partial charge is 0.179 e. The molecule has 0 bridgehead atoms. The van der Waals surface area contributed by atoms with Gasteiger partial charge in [0.05, 0.1) is 0 Å². The molecule has 0 spiro atoms. The van der Waals surface area contributed by atoms with Gasteiger partial charge in [-0.2, -0.15) is 0 Å². The highest BCUT2D eigenvalue weighted by Crippen LogP contribution is 2.45. The van der Waals surface area contributed by atoms with Gasteiger partial charge in [-0.25, -0.2) is 0 Å². The van der Waals surface area contributed by atoms with Gasteiger partial charge in [-0.1, -0.05) is 231 Å². The number of fused-ring (bicyclic) bond motifs is 3. The van der Waals surface area contributed by atoms with Crippen molar-refractivity contribution in [2.24, 2.45) is 0 Å². The van der Waals surface area contributed by atoms with E-state index in [1.807, 2.05) is 0 Å². The van der Waals surface area contributed by atoms with Gasteiger partial charge >= 0.3 is 0 Å². The molecule has 55 heavy (non-hydrogen) atoms. The summed E-state index contributed by atoms with van der Waals surface area (Å²) in [7, 11) is -2.80. The first-order valence-corrected chi connectivity index (χ1v) is 21.1. The van der Waals surface area contributed by atoms with E-state index in [0.717, 1.165) is 0 Å². The molecule has 0 radical (unpaired) electrons. The third-order valence-corrected chi connectivity index (χ3v) is 16.2. The summed E-state index contributed by atoms with van der Waals surface area (Å²) in [5.74, 6) is 0. The number of hydrogen-bond donors (Lipinski definition) is 0. The lowest BCUT2D eigenvalue weighted by molar-refractivity contribution is 1.61. The molecule has 0 nitrogen and oxygen atoms in total. The average Bonchev–Trinajstić information content (AvgIpc) is 3.27. The zero-order valence-corrected chi connectivity index (χ0v) is 31.4. The van der Waals surface area contributed by atoms with Crippen LogP contribution in [0.4, 0.5) is 0 Å². The SMILES string of the molecule is c1ccc(-c2ccc(-c3c4ccccc4c(-c4cccc5ccccc45)c4cc([Si](c5ccccc5)(c5ccccc5)c5ccccc5)ccc34)cc2)cc1. The first kappa shape index (κ1) is 32.8. The molecule has 0 atom stereocenters. The van der Waals surface area contributed by atoms with Crippen molar-refractivity contribution in [2.45, 2.75) is 0 Å². The maximum Gasteiger partial charge on any atom is 0.179 e. The van der Waals surface area contributed by atoms with E-state index in [2.05, 4.69) is 231 Å². The highest BCUT2D eigenvalue weighted by Gasteiger charge is 2.41. The Kier molecular flexibility index (Phi) is 8.28. The lowest BCUT2D eigenvalue weighted by Gasteiger charge is -2.35. The molecule has 0 N–H and O–H groups in total. The second kappa shape index (κ2) is 13.9. The Morgan fingerprint density at radius 2 is 0.673 bits per heavy atom. The smallest absolute Gasteiger partial charge is 0.0623 e. The molecule has 1 heteroatoms. The molecule has 0 heterocycles. The summed E-state index contributed by atoms with van der Waals surface area (Å²) in [4.78, 5) is 0.